The normalized spacial score (nSPS) is 16.3. The van der Waals surface area contributed by atoms with Crippen LogP contribution < -0.4 is 10.2 Å². The highest BCUT2D eigenvalue weighted by Crippen LogP contribution is 2.22. The molecule has 1 aromatic heterocycles. The molecule has 1 amide bonds. The van der Waals surface area contributed by atoms with Crippen molar-refractivity contribution in [3.8, 4) is 6.07 Å². The summed E-state index contributed by atoms with van der Waals surface area (Å²) in [6, 6.07) is 2.18. The van der Waals surface area contributed by atoms with Gasteiger partial charge in [-0.15, -0.1) is 0 Å². The molecule has 17 heavy (non-hydrogen) atoms. The van der Waals surface area contributed by atoms with Gasteiger partial charge in [0.1, 0.15) is 17.5 Å². The number of hydrogen-bond acceptors (Lipinski definition) is 4. The van der Waals surface area contributed by atoms with Crippen LogP contribution in [0.4, 0.5) is 5.82 Å². The number of aromatic nitrogens is 2. The monoisotopic (exact) mass is 233 g/mol. The Morgan fingerprint density at radius 2 is 2.24 bits per heavy atom. The number of rotatable bonds is 1. The van der Waals surface area contributed by atoms with E-state index in [1.54, 1.807) is 4.68 Å². The lowest BCUT2D eigenvalue weighted by molar-refractivity contribution is -0.120. The Kier molecular flexibility index (Phi) is 3.00. The van der Waals surface area contributed by atoms with Crippen LogP contribution in [0, 0.1) is 18.3 Å². The summed E-state index contributed by atoms with van der Waals surface area (Å²) in [6.45, 7) is 3.76. The standard InChI is InChI=1S/C11H15N5O/c1-8-9(7-12)11(15(2)14-8)16-5-3-10(17)13-4-6-16/h3-6H2,1-2H3,(H,13,17). The van der Waals surface area contributed by atoms with E-state index in [1.807, 2.05) is 18.9 Å². The third-order valence-electron chi connectivity index (χ3n) is 2.92. The van der Waals surface area contributed by atoms with Crippen molar-refractivity contribution in [1.82, 2.24) is 15.1 Å². The van der Waals surface area contributed by atoms with Gasteiger partial charge in [0.05, 0.1) is 5.69 Å². The number of nitriles is 1. The predicted molar refractivity (Wildman–Crippen MR) is 62.5 cm³/mol. The van der Waals surface area contributed by atoms with Crippen LogP contribution in [0.25, 0.3) is 0 Å². The molecule has 0 saturated carbocycles. The molecule has 0 radical (unpaired) electrons. The zero-order chi connectivity index (χ0) is 12.4. The molecule has 1 aromatic rings. The van der Waals surface area contributed by atoms with Crippen molar-refractivity contribution in [1.29, 1.82) is 5.26 Å². The summed E-state index contributed by atoms with van der Waals surface area (Å²) >= 11 is 0. The van der Waals surface area contributed by atoms with Crippen molar-refractivity contribution in [2.75, 3.05) is 24.5 Å². The Morgan fingerprint density at radius 1 is 1.47 bits per heavy atom. The van der Waals surface area contributed by atoms with Crippen molar-refractivity contribution in [2.45, 2.75) is 13.3 Å². The van der Waals surface area contributed by atoms with Gasteiger partial charge in [0.25, 0.3) is 0 Å². The lowest BCUT2D eigenvalue weighted by atomic mass is 10.2. The Morgan fingerprint density at radius 3 is 2.94 bits per heavy atom. The van der Waals surface area contributed by atoms with E-state index >= 15 is 0 Å². The fourth-order valence-electron chi connectivity index (χ4n) is 2.12. The quantitative estimate of drug-likeness (QED) is 0.736. The molecule has 0 aliphatic carbocycles. The maximum absolute atomic E-state index is 11.3. The van der Waals surface area contributed by atoms with Crippen molar-refractivity contribution < 1.29 is 4.79 Å². The van der Waals surface area contributed by atoms with Crippen LogP contribution in [0.5, 0.6) is 0 Å². The highest BCUT2D eigenvalue weighted by molar-refractivity contribution is 5.77. The van der Waals surface area contributed by atoms with Crippen molar-refractivity contribution in [3.05, 3.63) is 11.3 Å². The molecule has 1 aliphatic rings. The fraction of sp³-hybridized carbons (Fsp3) is 0.545. The van der Waals surface area contributed by atoms with E-state index in [0.717, 1.165) is 11.5 Å². The molecule has 2 heterocycles. The average molecular weight is 233 g/mol. The molecule has 0 spiro atoms. The van der Waals surface area contributed by atoms with Gasteiger partial charge in [-0.1, -0.05) is 0 Å². The third kappa shape index (κ3) is 2.09. The molecule has 1 N–H and O–H groups in total. The number of carbonyl (C=O) groups is 1. The van der Waals surface area contributed by atoms with E-state index < -0.39 is 0 Å². The van der Waals surface area contributed by atoms with Crippen LogP contribution >= 0.6 is 0 Å². The minimum absolute atomic E-state index is 0.0601. The lowest BCUT2D eigenvalue weighted by Gasteiger charge is -2.21. The maximum atomic E-state index is 11.3. The van der Waals surface area contributed by atoms with Crippen LogP contribution in [0.15, 0.2) is 0 Å². The molecule has 6 nitrogen and oxygen atoms in total. The van der Waals surface area contributed by atoms with Gasteiger partial charge in [-0.3, -0.25) is 9.48 Å². The zero-order valence-corrected chi connectivity index (χ0v) is 10.0. The summed E-state index contributed by atoms with van der Waals surface area (Å²) in [4.78, 5) is 13.3. The molecule has 1 aliphatic heterocycles. The minimum Gasteiger partial charge on any atom is -0.354 e. The second kappa shape index (κ2) is 4.45. The largest absolute Gasteiger partial charge is 0.354 e. The van der Waals surface area contributed by atoms with Crippen LogP contribution in [-0.4, -0.2) is 35.3 Å². The molecule has 0 atom stereocenters. The fourth-order valence-corrected chi connectivity index (χ4v) is 2.12. The van der Waals surface area contributed by atoms with Gasteiger partial charge in [0.2, 0.25) is 5.91 Å². The molecule has 2 rings (SSSR count). The van der Waals surface area contributed by atoms with Crippen molar-refractivity contribution in [2.24, 2.45) is 7.05 Å². The number of hydrogen-bond donors (Lipinski definition) is 1. The second-order valence-electron chi connectivity index (χ2n) is 4.11. The molecule has 0 aromatic carbocycles. The molecule has 0 bridgehead atoms. The Balaban J connectivity index is 2.33. The number of nitrogens with one attached hydrogen (secondary N) is 1. The van der Waals surface area contributed by atoms with E-state index in [1.165, 1.54) is 0 Å². The van der Waals surface area contributed by atoms with Crippen LogP contribution in [0.3, 0.4) is 0 Å². The number of carbonyl (C=O) groups excluding carboxylic acids is 1. The van der Waals surface area contributed by atoms with E-state index in [2.05, 4.69) is 16.5 Å². The Labute approximate surface area is 99.8 Å². The lowest BCUT2D eigenvalue weighted by Crippen LogP contribution is -2.30. The van der Waals surface area contributed by atoms with E-state index in [-0.39, 0.29) is 5.91 Å². The van der Waals surface area contributed by atoms with E-state index in [4.69, 9.17) is 5.26 Å². The average Bonchev–Trinajstić information content (AvgIpc) is 2.46. The molecular weight excluding hydrogens is 218 g/mol. The number of nitrogens with zero attached hydrogens (tertiary/aromatic N) is 4. The first-order valence-corrected chi connectivity index (χ1v) is 5.59. The highest BCUT2D eigenvalue weighted by atomic mass is 16.1. The maximum Gasteiger partial charge on any atom is 0.221 e. The summed E-state index contributed by atoms with van der Waals surface area (Å²) in [5.74, 6) is 0.867. The predicted octanol–water partition coefficient (Wildman–Crippen LogP) is -0.0735. The summed E-state index contributed by atoms with van der Waals surface area (Å²) in [5, 5.41) is 16.2. The summed E-state index contributed by atoms with van der Waals surface area (Å²) in [5.41, 5.74) is 1.33. The van der Waals surface area contributed by atoms with E-state index in [9.17, 15) is 4.79 Å². The number of anilines is 1. The second-order valence-corrected chi connectivity index (χ2v) is 4.11. The Bertz CT molecular complexity index is 485. The number of aryl methyl sites for hydroxylation is 2. The molecule has 1 fully saturated rings. The summed E-state index contributed by atoms with van der Waals surface area (Å²) in [7, 11) is 1.82. The van der Waals surface area contributed by atoms with Gasteiger partial charge in [0, 0.05) is 33.1 Å². The first kappa shape index (κ1) is 11.5. The van der Waals surface area contributed by atoms with Gasteiger partial charge < -0.3 is 10.2 Å². The van der Waals surface area contributed by atoms with Gasteiger partial charge in [-0.05, 0) is 6.92 Å². The first-order chi connectivity index (χ1) is 8.13. The SMILES string of the molecule is Cc1nn(C)c(N2CCNC(=O)CC2)c1C#N. The highest BCUT2D eigenvalue weighted by Gasteiger charge is 2.21. The van der Waals surface area contributed by atoms with Gasteiger partial charge in [-0.25, -0.2) is 0 Å². The van der Waals surface area contributed by atoms with Gasteiger partial charge in [-0.2, -0.15) is 10.4 Å². The molecular formula is C11H15N5O. The van der Waals surface area contributed by atoms with Gasteiger partial charge >= 0.3 is 0 Å². The Hall–Kier alpha value is -2.03. The molecule has 90 valence electrons. The minimum atomic E-state index is 0.0601. The van der Waals surface area contributed by atoms with Crippen LogP contribution in [-0.2, 0) is 11.8 Å². The number of amides is 1. The summed E-state index contributed by atoms with van der Waals surface area (Å²) in [6.07, 6.45) is 0.453. The topological polar surface area (TPSA) is 74.0 Å². The molecule has 0 unspecified atom stereocenters. The first-order valence-electron chi connectivity index (χ1n) is 5.59. The van der Waals surface area contributed by atoms with Crippen LogP contribution in [0.1, 0.15) is 17.7 Å². The third-order valence-corrected chi connectivity index (χ3v) is 2.92. The van der Waals surface area contributed by atoms with Crippen molar-refractivity contribution >= 4 is 11.7 Å². The smallest absolute Gasteiger partial charge is 0.221 e. The van der Waals surface area contributed by atoms with Crippen LogP contribution in [0.2, 0.25) is 0 Å². The van der Waals surface area contributed by atoms with E-state index in [0.29, 0.717) is 31.6 Å². The van der Waals surface area contributed by atoms with Gasteiger partial charge in [0.15, 0.2) is 0 Å². The zero-order valence-electron chi connectivity index (χ0n) is 10.0. The molecule has 6 heteroatoms. The summed E-state index contributed by atoms with van der Waals surface area (Å²) < 4.78 is 1.71. The van der Waals surface area contributed by atoms with Crippen molar-refractivity contribution in [3.63, 3.8) is 0 Å². The molecule has 1 saturated heterocycles.